The largest absolute Gasteiger partial charge is 0.314 e. The maximum absolute atomic E-state index is 13.5. The fourth-order valence-electron chi connectivity index (χ4n) is 2.32. The van der Waals surface area contributed by atoms with Crippen molar-refractivity contribution in [2.24, 2.45) is 11.8 Å². The summed E-state index contributed by atoms with van der Waals surface area (Å²) in [6.07, 6.45) is 2.07. The van der Waals surface area contributed by atoms with Crippen LogP contribution in [-0.4, -0.2) is 12.6 Å². The zero-order valence-electron chi connectivity index (χ0n) is 12.3. The van der Waals surface area contributed by atoms with E-state index in [4.69, 9.17) is 0 Å². The predicted molar refractivity (Wildman–Crippen MR) is 83.9 cm³/mol. The third-order valence-electron chi connectivity index (χ3n) is 3.16. The molecule has 0 saturated heterocycles. The van der Waals surface area contributed by atoms with E-state index in [1.807, 2.05) is 6.07 Å². The Labute approximate surface area is 125 Å². The minimum atomic E-state index is -0.169. The van der Waals surface area contributed by atoms with Crippen LogP contribution in [0.15, 0.2) is 22.7 Å². The number of halogens is 2. The Hall–Kier alpha value is -0.410. The second-order valence-electron chi connectivity index (χ2n) is 5.98. The van der Waals surface area contributed by atoms with Gasteiger partial charge in [0, 0.05) is 6.04 Å². The van der Waals surface area contributed by atoms with Gasteiger partial charge < -0.3 is 5.32 Å². The summed E-state index contributed by atoms with van der Waals surface area (Å²) in [4.78, 5) is 0. The van der Waals surface area contributed by atoms with Gasteiger partial charge in [0.25, 0.3) is 0 Å². The molecule has 0 aliphatic rings. The van der Waals surface area contributed by atoms with Gasteiger partial charge >= 0.3 is 0 Å². The molecule has 108 valence electrons. The molecule has 0 saturated carbocycles. The maximum Gasteiger partial charge on any atom is 0.137 e. The Bertz CT molecular complexity index is 390. The fraction of sp³-hybridized carbons (Fsp3) is 0.625. The number of benzene rings is 1. The lowest BCUT2D eigenvalue weighted by Crippen LogP contribution is -2.30. The first-order valence-electron chi connectivity index (χ1n) is 7.06. The van der Waals surface area contributed by atoms with Crippen LogP contribution >= 0.6 is 15.9 Å². The van der Waals surface area contributed by atoms with E-state index >= 15 is 0 Å². The van der Waals surface area contributed by atoms with Crippen LogP contribution < -0.4 is 5.32 Å². The third kappa shape index (κ3) is 6.05. The van der Waals surface area contributed by atoms with Crippen LogP contribution in [-0.2, 0) is 6.42 Å². The zero-order valence-corrected chi connectivity index (χ0v) is 13.9. The number of nitrogens with one attached hydrogen (secondary N) is 1. The summed E-state index contributed by atoms with van der Waals surface area (Å²) in [6.45, 7) is 9.78. The molecule has 1 unspecified atom stereocenters. The number of hydrogen-bond donors (Lipinski definition) is 1. The van der Waals surface area contributed by atoms with E-state index in [1.165, 1.54) is 6.07 Å². The Morgan fingerprint density at radius 2 is 1.89 bits per heavy atom. The standard InChI is InChI=1S/C16H25BrFN/c1-11(2)8-13(10-19-12(3)4)9-14-6-5-7-15(18)16(14)17/h5-7,11-13,19H,8-10H2,1-4H3. The molecule has 0 amide bonds. The molecule has 1 atom stereocenters. The van der Waals surface area contributed by atoms with Crippen LogP contribution in [0.1, 0.15) is 39.7 Å². The van der Waals surface area contributed by atoms with Crippen LogP contribution in [0.25, 0.3) is 0 Å². The lowest BCUT2D eigenvalue weighted by atomic mass is 9.90. The highest BCUT2D eigenvalue weighted by atomic mass is 79.9. The maximum atomic E-state index is 13.5. The van der Waals surface area contributed by atoms with E-state index in [2.05, 4.69) is 48.9 Å². The first-order valence-corrected chi connectivity index (χ1v) is 7.85. The smallest absolute Gasteiger partial charge is 0.137 e. The average molecular weight is 330 g/mol. The topological polar surface area (TPSA) is 12.0 Å². The van der Waals surface area contributed by atoms with E-state index < -0.39 is 0 Å². The molecule has 1 aromatic carbocycles. The van der Waals surface area contributed by atoms with Crippen LogP contribution in [0.5, 0.6) is 0 Å². The quantitative estimate of drug-likeness (QED) is 0.758. The van der Waals surface area contributed by atoms with Gasteiger partial charge in [0.15, 0.2) is 0 Å². The molecular formula is C16H25BrFN. The normalized spacial score (nSPS) is 13.3. The molecule has 0 aliphatic heterocycles. The average Bonchev–Trinajstić information content (AvgIpc) is 2.31. The van der Waals surface area contributed by atoms with E-state index in [9.17, 15) is 4.39 Å². The van der Waals surface area contributed by atoms with Crippen molar-refractivity contribution in [2.45, 2.75) is 46.6 Å². The van der Waals surface area contributed by atoms with Gasteiger partial charge in [-0.2, -0.15) is 0 Å². The molecule has 0 aliphatic carbocycles. The van der Waals surface area contributed by atoms with Crippen molar-refractivity contribution in [1.82, 2.24) is 5.32 Å². The van der Waals surface area contributed by atoms with Crippen LogP contribution in [0, 0.1) is 17.7 Å². The molecule has 0 heterocycles. The predicted octanol–water partition coefficient (Wildman–Crippen LogP) is 4.79. The monoisotopic (exact) mass is 329 g/mol. The Kier molecular flexibility index (Phi) is 7.01. The highest BCUT2D eigenvalue weighted by Gasteiger charge is 2.15. The second-order valence-corrected chi connectivity index (χ2v) is 6.77. The Morgan fingerprint density at radius 1 is 1.21 bits per heavy atom. The molecule has 0 spiro atoms. The van der Waals surface area contributed by atoms with Gasteiger partial charge in [-0.05, 0) is 58.8 Å². The molecule has 1 nitrogen and oxygen atoms in total. The molecule has 0 aromatic heterocycles. The first-order chi connectivity index (χ1) is 8.90. The van der Waals surface area contributed by atoms with Gasteiger partial charge in [0.1, 0.15) is 5.82 Å². The van der Waals surface area contributed by atoms with Gasteiger partial charge in [-0.1, -0.05) is 39.8 Å². The Balaban J connectivity index is 2.72. The zero-order chi connectivity index (χ0) is 14.4. The highest BCUT2D eigenvalue weighted by Crippen LogP contribution is 2.25. The van der Waals surface area contributed by atoms with Crippen LogP contribution in [0.3, 0.4) is 0 Å². The minimum Gasteiger partial charge on any atom is -0.314 e. The van der Waals surface area contributed by atoms with Crippen molar-refractivity contribution in [3.8, 4) is 0 Å². The van der Waals surface area contributed by atoms with Gasteiger partial charge in [0.2, 0.25) is 0 Å². The molecule has 0 radical (unpaired) electrons. The molecule has 19 heavy (non-hydrogen) atoms. The summed E-state index contributed by atoms with van der Waals surface area (Å²) in [7, 11) is 0. The number of hydrogen-bond acceptors (Lipinski definition) is 1. The van der Waals surface area contributed by atoms with Crippen molar-refractivity contribution < 1.29 is 4.39 Å². The van der Waals surface area contributed by atoms with Gasteiger partial charge in [-0.25, -0.2) is 4.39 Å². The molecule has 1 rings (SSSR count). The lowest BCUT2D eigenvalue weighted by molar-refractivity contribution is 0.372. The van der Waals surface area contributed by atoms with E-state index in [0.29, 0.717) is 22.4 Å². The first kappa shape index (κ1) is 16.6. The van der Waals surface area contributed by atoms with Crippen LogP contribution in [0.4, 0.5) is 4.39 Å². The van der Waals surface area contributed by atoms with Gasteiger partial charge in [-0.3, -0.25) is 0 Å². The molecular weight excluding hydrogens is 305 g/mol. The van der Waals surface area contributed by atoms with E-state index in [1.54, 1.807) is 6.07 Å². The number of rotatable bonds is 7. The highest BCUT2D eigenvalue weighted by molar-refractivity contribution is 9.10. The second kappa shape index (κ2) is 8.01. The molecule has 0 bridgehead atoms. The van der Waals surface area contributed by atoms with Crippen molar-refractivity contribution in [3.63, 3.8) is 0 Å². The molecule has 1 aromatic rings. The van der Waals surface area contributed by atoms with Crippen molar-refractivity contribution >= 4 is 15.9 Å². The summed E-state index contributed by atoms with van der Waals surface area (Å²) in [6, 6.07) is 5.79. The van der Waals surface area contributed by atoms with E-state index in [-0.39, 0.29) is 5.82 Å². The van der Waals surface area contributed by atoms with Gasteiger partial charge in [0.05, 0.1) is 4.47 Å². The Morgan fingerprint density at radius 3 is 2.47 bits per heavy atom. The lowest BCUT2D eigenvalue weighted by Gasteiger charge is -2.22. The van der Waals surface area contributed by atoms with Crippen LogP contribution in [0.2, 0.25) is 0 Å². The summed E-state index contributed by atoms with van der Waals surface area (Å²) >= 11 is 3.36. The van der Waals surface area contributed by atoms with E-state index in [0.717, 1.165) is 24.9 Å². The summed E-state index contributed by atoms with van der Waals surface area (Å²) in [5.74, 6) is 1.03. The van der Waals surface area contributed by atoms with Gasteiger partial charge in [-0.15, -0.1) is 0 Å². The minimum absolute atomic E-state index is 0.169. The summed E-state index contributed by atoms with van der Waals surface area (Å²) in [5.41, 5.74) is 1.07. The van der Waals surface area contributed by atoms with Crippen molar-refractivity contribution in [2.75, 3.05) is 6.54 Å². The molecule has 3 heteroatoms. The summed E-state index contributed by atoms with van der Waals surface area (Å²) in [5, 5.41) is 3.50. The molecule has 0 fully saturated rings. The SMILES string of the molecule is CC(C)CC(CNC(C)C)Cc1cccc(F)c1Br. The third-order valence-corrected chi connectivity index (χ3v) is 4.05. The summed E-state index contributed by atoms with van der Waals surface area (Å²) < 4.78 is 14.2. The molecule has 1 N–H and O–H groups in total. The van der Waals surface area contributed by atoms with Crippen molar-refractivity contribution in [3.05, 3.63) is 34.1 Å². The van der Waals surface area contributed by atoms with Crippen molar-refractivity contribution in [1.29, 1.82) is 0 Å². The fourth-order valence-corrected chi connectivity index (χ4v) is 2.75.